The monoisotopic (exact) mass is 267 g/mol. The first-order chi connectivity index (χ1) is 8.48. The number of hydrogen-bond donors (Lipinski definition) is 2. The number of nitrogens with one attached hydrogen (secondary N) is 2. The lowest BCUT2D eigenvalue weighted by Crippen LogP contribution is -2.35. The summed E-state index contributed by atoms with van der Waals surface area (Å²) >= 11 is 0. The van der Waals surface area contributed by atoms with Gasteiger partial charge in [0.05, 0.1) is 23.9 Å². The van der Waals surface area contributed by atoms with Crippen LogP contribution in [0, 0.1) is 11.3 Å². The highest BCUT2D eigenvalue weighted by molar-refractivity contribution is 7.88. The molecule has 0 saturated carbocycles. The van der Waals surface area contributed by atoms with Crippen LogP contribution >= 0.6 is 0 Å². The molecule has 6 nitrogen and oxygen atoms in total. The van der Waals surface area contributed by atoms with Crippen LogP contribution in [0.2, 0.25) is 0 Å². The van der Waals surface area contributed by atoms with Gasteiger partial charge >= 0.3 is 0 Å². The molecule has 0 fully saturated rings. The molecular formula is C11H13N3O3S. The van der Waals surface area contributed by atoms with E-state index in [1.54, 1.807) is 24.3 Å². The summed E-state index contributed by atoms with van der Waals surface area (Å²) in [6.07, 6.45) is 0. The molecule has 7 heteroatoms. The van der Waals surface area contributed by atoms with E-state index in [0.717, 1.165) is 0 Å². The summed E-state index contributed by atoms with van der Waals surface area (Å²) in [5.41, 5.74) is 0.715. The third kappa shape index (κ3) is 4.16. The molecule has 1 aromatic carbocycles. The first-order valence-electron chi connectivity index (χ1n) is 5.14. The number of likely N-dealkylation sites (N-methyl/N-ethyl adjacent to an activating group) is 1. The predicted molar refractivity (Wildman–Crippen MR) is 65.9 cm³/mol. The van der Waals surface area contributed by atoms with Gasteiger partial charge in [0.1, 0.15) is 0 Å². The molecule has 2 N–H and O–H groups in total. The predicted octanol–water partition coefficient (Wildman–Crippen LogP) is -0.276. The van der Waals surface area contributed by atoms with Gasteiger partial charge in [-0.05, 0) is 11.6 Å². The second kappa shape index (κ2) is 6.14. The van der Waals surface area contributed by atoms with Gasteiger partial charge in [-0.15, -0.1) is 0 Å². The Balaban J connectivity index is 2.77. The van der Waals surface area contributed by atoms with Crippen LogP contribution in [-0.4, -0.2) is 27.9 Å². The maximum Gasteiger partial charge on any atom is 0.234 e. The molecular weight excluding hydrogens is 254 g/mol. The molecule has 0 heterocycles. The van der Waals surface area contributed by atoms with E-state index in [0.29, 0.717) is 11.1 Å². The highest BCUT2D eigenvalue weighted by Crippen LogP contribution is 2.10. The number of rotatable bonds is 5. The Labute approximate surface area is 106 Å². The van der Waals surface area contributed by atoms with E-state index in [-0.39, 0.29) is 12.3 Å². The first kappa shape index (κ1) is 14.2. The van der Waals surface area contributed by atoms with Crippen molar-refractivity contribution in [2.75, 3.05) is 13.6 Å². The average Bonchev–Trinajstić information content (AvgIpc) is 2.36. The minimum Gasteiger partial charge on any atom is -0.358 e. The molecule has 1 aromatic rings. The SMILES string of the molecule is CNC(=O)CNS(=O)(=O)Cc1ccccc1C#N. The zero-order chi connectivity index (χ0) is 13.6. The van der Waals surface area contributed by atoms with Gasteiger partial charge in [-0.25, -0.2) is 13.1 Å². The minimum atomic E-state index is -3.63. The number of sulfonamides is 1. The summed E-state index contributed by atoms with van der Waals surface area (Å²) in [4.78, 5) is 10.9. The van der Waals surface area contributed by atoms with Crippen molar-refractivity contribution in [2.24, 2.45) is 0 Å². The molecule has 0 aliphatic heterocycles. The van der Waals surface area contributed by atoms with Gasteiger partial charge in [-0.3, -0.25) is 4.79 Å². The van der Waals surface area contributed by atoms with Crippen LogP contribution in [0.5, 0.6) is 0 Å². The molecule has 0 atom stereocenters. The standard InChI is InChI=1S/C11H13N3O3S/c1-13-11(15)7-14-18(16,17)8-10-5-3-2-4-9(10)6-12/h2-5,14H,7-8H2,1H3,(H,13,15). The lowest BCUT2D eigenvalue weighted by molar-refractivity contribution is -0.119. The van der Waals surface area contributed by atoms with Crippen LogP contribution < -0.4 is 10.0 Å². The van der Waals surface area contributed by atoms with Crippen LogP contribution in [0.4, 0.5) is 0 Å². The summed E-state index contributed by atoms with van der Waals surface area (Å²) in [7, 11) is -2.22. The van der Waals surface area contributed by atoms with Gasteiger partial charge in [0.25, 0.3) is 0 Å². The van der Waals surface area contributed by atoms with E-state index in [1.165, 1.54) is 7.05 Å². The molecule has 0 aromatic heterocycles. The first-order valence-corrected chi connectivity index (χ1v) is 6.79. The fourth-order valence-corrected chi connectivity index (χ4v) is 2.39. The number of amides is 1. The van der Waals surface area contributed by atoms with Crippen molar-refractivity contribution in [3.8, 4) is 6.07 Å². The maximum absolute atomic E-state index is 11.7. The maximum atomic E-state index is 11.7. The Morgan fingerprint density at radius 1 is 1.39 bits per heavy atom. The Bertz CT molecular complexity index is 575. The Hall–Kier alpha value is -1.91. The number of nitriles is 1. The topological polar surface area (TPSA) is 99.1 Å². The summed E-state index contributed by atoms with van der Waals surface area (Å²) < 4.78 is 25.5. The molecule has 0 saturated heterocycles. The molecule has 18 heavy (non-hydrogen) atoms. The summed E-state index contributed by atoms with van der Waals surface area (Å²) in [5.74, 6) is -0.750. The lowest BCUT2D eigenvalue weighted by atomic mass is 10.1. The molecule has 1 rings (SSSR count). The number of benzene rings is 1. The fourth-order valence-electron chi connectivity index (χ4n) is 1.27. The smallest absolute Gasteiger partial charge is 0.234 e. The van der Waals surface area contributed by atoms with Crippen molar-refractivity contribution in [3.63, 3.8) is 0 Å². The quantitative estimate of drug-likeness (QED) is 0.766. The summed E-state index contributed by atoms with van der Waals surface area (Å²) in [5, 5.41) is 11.1. The molecule has 0 aliphatic rings. The van der Waals surface area contributed by atoms with E-state index in [1.807, 2.05) is 6.07 Å². The zero-order valence-electron chi connectivity index (χ0n) is 9.80. The molecule has 0 bridgehead atoms. The van der Waals surface area contributed by atoms with Crippen molar-refractivity contribution in [2.45, 2.75) is 5.75 Å². The lowest BCUT2D eigenvalue weighted by Gasteiger charge is -2.07. The second-order valence-corrected chi connectivity index (χ2v) is 5.33. The Morgan fingerprint density at radius 3 is 2.67 bits per heavy atom. The summed E-state index contributed by atoms with van der Waals surface area (Å²) in [6.45, 7) is -0.312. The molecule has 96 valence electrons. The molecule has 0 aliphatic carbocycles. The zero-order valence-corrected chi connectivity index (χ0v) is 10.6. The van der Waals surface area contributed by atoms with Gasteiger partial charge in [0.15, 0.2) is 0 Å². The van der Waals surface area contributed by atoms with Gasteiger partial charge in [-0.1, -0.05) is 18.2 Å². The van der Waals surface area contributed by atoms with Gasteiger partial charge in [-0.2, -0.15) is 5.26 Å². The van der Waals surface area contributed by atoms with E-state index < -0.39 is 15.9 Å². The van der Waals surface area contributed by atoms with Crippen molar-refractivity contribution < 1.29 is 13.2 Å². The van der Waals surface area contributed by atoms with E-state index in [2.05, 4.69) is 10.0 Å². The van der Waals surface area contributed by atoms with Crippen LogP contribution in [0.1, 0.15) is 11.1 Å². The highest BCUT2D eigenvalue weighted by Gasteiger charge is 2.14. The number of hydrogen-bond acceptors (Lipinski definition) is 4. The Kier molecular flexibility index (Phi) is 4.83. The van der Waals surface area contributed by atoms with Crippen molar-refractivity contribution in [3.05, 3.63) is 35.4 Å². The Morgan fingerprint density at radius 2 is 2.06 bits per heavy atom. The fraction of sp³-hybridized carbons (Fsp3) is 0.273. The van der Waals surface area contributed by atoms with E-state index in [9.17, 15) is 13.2 Å². The number of carbonyl (C=O) groups is 1. The molecule has 1 amide bonds. The van der Waals surface area contributed by atoms with Crippen LogP contribution in [0.25, 0.3) is 0 Å². The van der Waals surface area contributed by atoms with Crippen molar-refractivity contribution in [1.82, 2.24) is 10.0 Å². The van der Waals surface area contributed by atoms with Crippen LogP contribution in [0.3, 0.4) is 0 Å². The van der Waals surface area contributed by atoms with Gasteiger partial charge in [0.2, 0.25) is 15.9 Å². The third-order valence-corrected chi connectivity index (χ3v) is 3.49. The summed E-state index contributed by atoms with van der Waals surface area (Å²) in [6, 6.07) is 8.35. The van der Waals surface area contributed by atoms with E-state index >= 15 is 0 Å². The number of carbonyl (C=O) groups excluding carboxylic acids is 1. The van der Waals surface area contributed by atoms with Crippen LogP contribution in [0.15, 0.2) is 24.3 Å². The highest BCUT2D eigenvalue weighted by atomic mass is 32.2. The van der Waals surface area contributed by atoms with Crippen molar-refractivity contribution >= 4 is 15.9 Å². The van der Waals surface area contributed by atoms with E-state index in [4.69, 9.17) is 5.26 Å². The van der Waals surface area contributed by atoms with Gasteiger partial charge < -0.3 is 5.32 Å². The molecule has 0 unspecified atom stereocenters. The normalized spacial score (nSPS) is 10.7. The van der Waals surface area contributed by atoms with Crippen molar-refractivity contribution in [1.29, 1.82) is 5.26 Å². The molecule has 0 radical (unpaired) electrons. The third-order valence-electron chi connectivity index (χ3n) is 2.21. The average molecular weight is 267 g/mol. The van der Waals surface area contributed by atoms with Gasteiger partial charge in [0, 0.05) is 7.05 Å². The van der Waals surface area contributed by atoms with Crippen LogP contribution in [-0.2, 0) is 20.6 Å². The minimum absolute atomic E-state index is 0.308. The number of nitrogens with zero attached hydrogens (tertiary/aromatic N) is 1. The molecule has 0 spiro atoms. The second-order valence-electron chi connectivity index (χ2n) is 3.52. The largest absolute Gasteiger partial charge is 0.358 e.